The van der Waals surface area contributed by atoms with Crippen LogP contribution in [0.3, 0.4) is 0 Å². The molecule has 1 atom stereocenters. The molecule has 0 spiro atoms. The average molecular weight is 338 g/mol. The van der Waals surface area contributed by atoms with Crippen LogP contribution in [-0.4, -0.2) is 31.0 Å². The number of carbonyl (C=O) groups excluding carboxylic acids is 1. The van der Waals surface area contributed by atoms with E-state index in [4.69, 9.17) is 4.74 Å². The Labute approximate surface area is 149 Å². The van der Waals surface area contributed by atoms with Crippen LogP contribution in [0.2, 0.25) is 0 Å². The summed E-state index contributed by atoms with van der Waals surface area (Å²) >= 11 is 0. The number of hydrogen-bond acceptors (Lipinski definition) is 3. The van der Waals surface area contributed by atoms with E-state index in [1.54, 1.807) is 7.11 Å². The maximum absolute atomic E-state index is 12.6. The van der Waals surface area contributed by atoms with Gasteiger partial charge < -0.3 is 10.1 Å². The molecular weight excluding hydrogens is 312 g/mol. The van der Waals surface area contributed by atoms with Gasteiger partial charge in [-0.15, -0.1) is 0 Å². The molecule has 1 unspecified atom stereocenters. The molecule has 0 aliphatic carbocycles. The number of ether oxygens (including phenoxy) is 1. The third-order valence-electron chi connectivity index (χ3n) is 4.86. The standard InChI is InChI=1S/C21H26N2O2/c1-3-16-8-4-5-11-19(16)22-21(24)15-23-13-7-12-20(23)17-9-6-10-18(14-17)25-2/h4-6,8-11,14,20H,3,7,12-13,15H2,1-2H3,(H,22,24). The SMILES string of the molecule is CCc1ccccc1NC(=O)CN1CCCC1c1cccc(OC)c1. The van der Waals surface area contributed by atoms with Gasteiger partial charge in [0.05, 0.1) is 13.7 Å². The van der Waals surface area contributed by atoms with E-state index in [2.05, 4.69) is 35.3 Å². The van der Waals surface area contributed by atoms with Crippen LogP contribution >= 0.6 is 0 Å². The van der Waals surface area contributed by atoms with Gasteiger partial charge in [0.15, 0.2) is 0 Å². The molecule has 1 N–H and O–H groups in total. The Kier molecular flexibility index (Phi) is 5.71. The number of hydrogen-bond donors (Lipinski definition) is 1. The molecule has 0 radical (unpaired) electrons. The quantitative estimate of drug-likeness (QED) is 0.864. The number of rotatable bonds is 6. The van der Waals surface area contributed by atoms with E-state index in [-0.39, 0.29) is 11.9 Å². The van der Waals surface area contributed by atoms with Crippen molar-refractivity contribution in [2.45, 2.75) is 32.2 Å². The number of methoxy groups -OCH3 is 1. The van der Waals surface area contributed by atoms with Crippen molar-refractivity contribution in [2.75, 3.05) is 25.5 Å². The second-order valence-electron chi connectivity index (χ2n) is 6.46. The lowest BCUT2D eigenvalue weighted by Gasteiger charge is -2.24. The first kappa shape index (κ1) is 17.5. The van der Waals surface area contributed by atoms with Crippen molar-refractivity contribution < 1.29 is 9.53 Å². The lowest BCUT2D eigenvalue weighted by Crippen LogP contribution is -2.33. The minimum atomic E-state index is 0.0516. The number of carbonyl (C=O) groups is 1. The van der Waals surface area contributed by atoms with Gasteiger partial charge in [0.1, 0.15) is 5.75 Å². The van der Waals surface area contributed by atoms with Gasteiger partial charge >= 0.3 is 0 Å². The first-order valence-electron chi connectivity index (χ1n) is 8.97. The lowest BCUT2D eigenvalue weighted by molar-refractivity contribution is -0.117. The third-order valence-corrected chi connectivity index (χ3v) is 4.86. The van der Waals surface area contributed by atoms with Crippen molar-refractivity contribution in [2.24, 2.45) is 0 Å². The normalized spacial score (nSPS) is 17.4. The summed E-state index contributed by atoms with van der Waals surface area (Å²) in [6, 6.07) is 16.5. The summed E-state index contributed by atoms with van der Waals surface area (Å²) in [6.07, 6.45) is 3.10. The van der Waals surface area contributed by atoms with E-state index >= 15 is 0 Å². The number of aryl methyl sites for hydroxylation is 1. The van der Waals surface area contributed by atoms with Crippen molar-refractivity contribution in [3.63, 3.8) is 0 Å². The molecule has 3 rings (SSSR count). The highest BCUT2D eigenvalue weighted by atomic mass is 16.5. The van der Waals surface area contributed by atoms with E-state index in [1.165, 1.54) is 11.1 Å². The van der Waals surface area contributed by atoms with Gasteiger partial charge in [-0.3, -0.25) is 9.69 Å². The van der Waals surface area contributed by atoms with Crippen molar-refractivity contribution in [3.05, 3.63) is 59.7 Å². The van der Waals surface area contributed by atoms with Crippen molar-refractivity contribution in [1.82, 2.24) is 4.90 Å². The molecule has 1 saturated heterocycles. The Hall–Kier alpha value is -2.33. The molecular formula is C21H26N2O2. The van der Waals surface area contributed by atoms with Crippen molar-refractivity contribution in [1.29, 1.82) is 0 Å². The number of benzene rings is 2. The van der Waals surface area contributed by atoms with Crippen LogP contribution in [0.4, 0.5) is 5.69 Å². The molecule has 0 bridgehead atoms. The molecule has 4 heteroatoms. The minimum Gasteiger partial charge on any atom is -0.497 e. The topological polar surface area (TPSA) is 41.6 Å². The zero-order valence-electron chi connectivity index (χ0n) is 15.0. The molecule has 0 saturated carbocycles. The van der Waals surface area contributed by atoms with E-state index in [1.807, 2.05) is 30.3 Å². The first-order chi connectivity index (χ1) is 12.2. The first-order valence-corrected chi connectivity index (χ1v) is 8.97. The van der Waals surface area contributed by atoms with Gasteiger partial charge in [-0.25, -0.2) is 0 Å². The van der Waals surface area contributed by atoms with Gasteiger partial charge in [-0.1, -0.05) is 37.3 Å². The Morgan fingerprint density at radius 3 is 2.88 bits per heavy atom. The van der Waals surface area contributed by atoms with E-state index in [0.717, 1.165) is 37.2 Å². The second-order valence-corrected chi connectivity index (χ2v) is 6.46. The predicted octanol–water partition coefficient (Wildman–Crippen LogP) is 4.03. The maximum Gasteiger partial charge on any atom is 0.238 e. The fourth-order valence-electron chi connectivity index (χ4n) is 3.57. The minimum absolute atomic E-state index is 0.0516. The zero-order valence-corrected chi connectivity index (χ0v) is 15.0. The molecule has 0 aromatic heterocycles. The fourth-order valence-corrected chi connectivity index (χ4v) is 3.57. The Bertz CT molecular complexity index is 729. The summed E-state index contributed by atoms with van der Waals surface area (Å²) in [7, 11) is 1.68. The van der Waals surface area contributed by atoms with Crippen LogP contribution in [0.1, 0.15) is 36.9 Å². The lowest BCUT2D eigenvalue weighted by atomic mass is 10.0. The summed E-state index contributed by atoms with van der Waals surface area (Å²) in [4.78, 5) is 14.8. The van der Waals surface area contributed by atoms with E-state index < -0.39 is 0 Å². The number of anilines is 1. The Balaban J connectivity index is 1.67. The summed E-state index contributed by atoms with van der Waals surface area (Å²) < 4.78 is 5.34. The highest BCUT2D eigenvalue weighted by Gasteiger charge is 2.27. The van der Waals surface area contributed by atoms with Gasteiger partial charge in [0.2, 0.25) is 5.91 Å². The predicted molar refractivity (Wildman–Crippen MR) is 101 cm³/mol. The number of para-hydroxylation sites is 1. The van der Waals surface area contributed by atoms with Crippen LogP contribution in [0.15, 0.2) is 48.5 Å². The molecule has 2 aromatic carbocycles. The van der Waals surface area contributed by atoms with Gasteiger partial charge in [0, 0.05) is 11.7 Å². The van der Waals surface area contributed by atoms with Gasteiger partial charge in [-0.05, 0) is 55.1 Å². The van der Waals surface area contributed by atoms with Crippen LogP contribution < -0.4 is 10.1 Å². The van der Waals surface area contributed by atoms with Gasteiger partial charge in [-0.2, -0.15) is 0 Å². The van der Waals surface area contributed by atoms with Crippen LogP contribution in [-0.2, 0) is 11.2 Å². The summed E-state index contributed by atoms with van der Waals surface area (Å²) in [5, 5.41) is 3.08. The smallest absolute Gasteiger partial charge is 0.238 e. The fraction of sp³-hybridized carbons (Fsp3) is 0.381. The monoisotopic (exact) mass is 338 g/mol. The van der Waals surface area contributed by atoms with Crippen LogP contribution in [0.5, 0.6) is 5.75 Å². The van der Waals surface area contributed by atoms with E-state index in [9.17, 15) is 4.79 Å². The average Bonchev–Trinajstić information content (AvgIpc) is 3.10. The molecule has 2 aromatic rings. The molecule has 4 nitrogen and oxygen atoms in total. The second kappa shape index (κ2) is 8.17. The maximum atomic E-state index is 12.6. The van der Waals surface area contributed by atoms with Crippen molar-refractivity contribution >= 4 is 11.6 Å². The zero-order chi connectivity index (χ0) is 17.6. The molecule has 132 valence electrons. The number of nitrogens with one attached hydrogen (secondary N) is 1. The molecule has 25 heavy (non-hydrogen) atoms. The highest BCUT2D eigenvalue weighted by Crippen LogP contribution is 2.33. The summed E-state index contributed by atoms with van der Waals surface area (Å²) in [5.74, 6) is 0.918. The number of amides is 1. The number of nitrogens with zero attached hydrogens (tertiary/aromatic N) is 1. The molecule has 1 fully saturated rings. The Morgan fingerprint density at radius 1 is 1.24 bits per heavy atom. The third kappa shape index (κ3) is 4.20. The summed E-state index contributed by atoms with van der Waals surface area (Å²) in [5.41, 5.74) is 3.31. The summed E-state index contributed by atoms with van der Waals surface area (Å²) in [6.45, 7) is 3.47. The highest BCUT2D eigenvalue weighted by molar-refractivity contribution is 5.93. The van der Waals surface area contributed by atoms with Crippen LogP contribution in [0.25, 0.3) is 0 Å². The van der Waals surface area contributed by atoms with Crippen LogP contribution in [0, 0.1) is 0 Å². The van der Waals surface area contributed by atoms with E-state index in [0.29, 0.717) is 6.54 Å². The Morgan fingerprint density at radius 2 is 2.08 bits per heavy atom. The number of likely N-dealkylation sites (tertiary alicyclic amines) is 1. The van der Waals surface area contributed by atoms with Crippen molar-refractivity contribution in [3.8, 4) is 5.75 Å². The molecule has 1 amide bonds. The van der Waals surface area contributed by atoms with Gasteiger partial charge in [0.25, 0.3) is 0 Å². The molecule has 1 aliphatic heterocycles. The molecule has 1 heterocycles. The largest absolute Gasteiger partial charge is 0.497 e. The molecule has 1 aliphatic rings.